The first kappa shape index (κ1) is 19.4. The van der Waals surface area contributed by atoms with Crippen molar-refractivity contribution in [2.24, 2.45) is 0 Å². The molecule has 3 nitrogen and oxygen atoms in total. The molecular weight excluding hydrogens is 344 g/mol. The lowest BCUT2D eigenvalue weighted by atomic mass is 10.1. The van der Waals surface area contributed by atoms with Crippen molar-refractivity contribution in [3.8, 4) is 0 Å². The third-order valence-corrected chi connectivity index (χ3v) is 4.69. The lowest BCUT2D eigenvalue weighted by molar-refractivity contribution is -0.119. The standard InChI is InChI=1S/C19H21F2NO2S/c1-13(10-15-16(20)8-5-9-17(15)21)22-19(24)12-25-11-18(23)14-6-3-2-4-7-14/h2-9,13,18,23H,10-12H2,1H3,(H,22,24). The van der Waals surface area contributed by atoms with Crippen molar-refractivity contribution in [3.05, 3.63) is 71.3 Å². The maximum atomic E-state index is 13.6. The number of carbonyl (C=O) groups excluding carboxylic acids is 1. The third-order valence-electron chi connectivity index (χ3n) is 3.67. The number of aliphatic hydroxyl groups is 1. The number of benzene rings is 2. The number of thioether (sulfide) groups is 1. The van der Waals surface area contributed by atoms with Gasteiger partial charge in [-0.1, -0.05) is 36.4 Å². The van der Waals surface area contributed by atoms with E-state index in [9.17, 15) is 18.7 Å². The highest BCUT2D eigenvalue weighted by atomic mass is 32.2. The van der Waals surface area contributed by atoms with Gasteiger partial charge in [-0.25, -0.2) is 8.78 Å². The van der Waals surface area contributed by atoms with Crippen LogP contribution in [0.3, 0.4) is 0 Å². The van der Waals surface area contributed by atoms with Gasteiger partial charge in [0.15, 0.2) is 0 Å². The summed E-state index contributed by atoms with van der Waals surface area (Å²) in [7, 11) is 0. The molecule has 2 atom stereocenters. The fourth-order valence-corrected chi connectivity index (χ4v) is 3.24. The zero-order valence-corrected chi connectivity index (χ0v) is 14.7. The van der Waals surface area contributed by atoms with E-state index in [2.05, 4.69) is 5.32 Å². The van der Waals surface area contributed by atoms with Gasteiger partial charge >= 0.3 is 0 Å². The summed E-state index contributed by atoms with van der Waals surface area (Å²) in [4.78, 5) is 11.9. The van der Waals surface area contributed by atoms with Crippen molar-refractivity contribution >= 4 is 17.7 Å². The summed E-state index contributed by atoms with van der Waals surface area (Å²) >= 11 is 1.31. The maximum Gasteiger partial charge on any atom is 0.230 e. The number of amides is 1. The molecule has 0 saturated carbocycles. The summed E-state index contributed by atoms with van der Waals surface area (Å²) < 4.78 is 27.2. The summed E-state index contributed by atoms with van der Waals surface area (Å²) in [6.07, 6.45) is -0.550. The van der Waals surface area contributed by atoms with E-state index in [1.807, 2.05) is 30.3 Å². The van der Waals surface area contributed by atoms with E-state index in [0.717, 1.165) is 5.56 Å². The Morgan fingerprint density at radius 3 is 2.40 bits per heavy atom. The lowest BCUT2D eigenvalue weighted by Crippen LogP contribution is -2.35. The molecule has 0 bridgehead atoms. The molecule has 0 aliphatic rings. The fraction of sp³-hybridized carbons (Fsp3) is 0.316. The predicted octanol–water partition coefficient (Wildman–Crippen LogP) is 3.48. The summed E-state index contributed by atoms with van der Waals surface area (Å²) in [6, 6.07) is 12.6. The number of aliphatic hydroxyl groups excluding tert-OH is 1. The van der Waals surface area contributed by atoms with Crippen LogP contribution in [0.1, 0.15) is 24.2 Å². The molecule has 25 heavy (non-hydrogen) atoms. The smallest absolute Gasteiger partial charge is 0.230 e. The van der Waals surface area contributed by atoms with Crippen molar-refractivity contribution in [2.45, 2.75) is 25.5 Å². The van der Waals surface area contributed by atoms with Crippen LogP contribution in [0.4, 0.5) is 8.78 Å². The minimum absolute atomic E-state index is 0.0255. The average Bonchev–Trinajstić information content (AvgIpc) is 2.59. The van der Waals surface area contributed by atoms with E-state index < -0.39 is 23.8 Å². The molecule has 0 aromatic heterocycles. The van der Waals surface area contributed by atoms with E-state index in [4.69, 9.17) is 0 Å². The van der Waals surface area contributed by atoms with Gasteiger partial charge in [-0.05, 0) is 31.0 Å². The maximum absolute atomic E-state index is 13.6. The number of nitrogens with one attached hydrogen (secondary N) is 1. The van der Waals surface area contributed by atoms with Crippen LogP contribution in [0.2, 0.25) is 0 Å². The minimum atomic E-state index is -0.635. The van der Waals surface area contributed by atoms with Crippen LogP contribution in [0.5, 0.6) is 0 Å². The van der Waals surface area contributed by atoms with Crippen LogP contribution in [0.15, 0.2) is 48.5 Å². The van der Waals surface area contributed by atoms with Crippen LogP contribution in [0, 0.1) is 11.6 Å². The van der Waals surface area contributed by atoms with E-state index in [1.165, 1.54) is 30.0 Å². The van der Waals surface area contributed by atoms with Gasteiger partial charge in [-0.3, -0.25) is 4.79 Å². The molecular formula is C19H21F2NO2S. The SMILES string of the molecule is CC(Cc1c(F)cccc1F)NC(=O)CSCC(O)c1ccccc1. The summed E-state index contributed by atoms with van der Waals surface area (Å²) in [6.45, 7) is 1.70. The summed E-state index contributed by atoms with van der Waals surface area (Å²) in [5.74, 6) is -0.876. The van der Waals surface area contributed by atoms with Crippen molar-refractivity contribution < 1.29 is 18.7 Å². The normalized spacial score (nSPS) is 13.3. The van der Waals surface area contributed by atoms with Crippen molar-refractivity contribution in [1.29, 1.82) is 0 Å². The zero-order chi connectivity index (χ0) is 18.2. The molecule has 2 aromatic carbocycles. The van der Waals surface area contributed by atoms with Crippen LogP contribution in [-0.2, 0) is 11.2 Å². The summed E-state index contributed by atoms with van der Waals surface area (Å²) in [5.41, 5.74) is 0.779. The number of hydrogen-bond acceptors (Lipinski definition) is 3. The van der Waals surface area contributed by atoms with Gasteiger partial charge < -0.3 is 10.4 Å². The average molecular weight is 365 g/mol. The highest BCUT2D eigenvalue weighted by Crippen LogP contribution is 2.18. The number of rotatable bonds is 8. The van der Waals surface area contributed by atoms with Gasteiger partial charge in [-0.15, -0.1) is 11.8 Å². The van der Waals surface area contributed by atoms with E-state index in [-0.39, 0.29) is 23.6 Å². The first-order chi connectivity index (χ1) is 12.0. The van der Waals surface area contributed by atoms with Gasteiger partial charge in [0, 0.05) is 17.4 Å². The van der Waals surface area contributed by atoms with E-state index in [0.29, 0.717) is 5.75 Å². The Labute approximate surface area is 150 Å². The third kappa shape index (κ3) is 6.14. The van der Waals surface area contributed by atoms with Gasteiger partial charge in [0.05, 0.1) is 11.9 Å². The molecule has 0 saturated heterocycles. The topological polar surface area (TPSA) is 49.3 Å². The molecule has 6 heteroatoms. The second-order valence-corrected chi connectivity index (χ2v) is 6.84. The number of halogens is 2. The second kappa shape index (κ2) is 9.53. The van der Waals surface area contributed by atoms with Crippen LogP contribution in [-0.4, -0.2) is 28.6 Å². The molecule has 0 aliphatic heterocycles. The van der Waals surface area contributed by atoms with Crippen molar-refractivity contribution in [2.75, 3.05) is 11.5 Å². The first-order valence-electron chi connectivity index (χ1n) is 8.00. The molecule has 2 N–H and O–H groups in total. The monoisotopic (exact) mass is 365 g/mol. The van der Waals surface area contributed by atoms with Gasteiger partial charge in [-0.2, -0.15) is 0 Å². The molecule has 0 aliphatic carbocycles. The fourth-order valence-electron chi connectivity index (χ4n) is 2.44. The summed E-state index contributed by atoms with van der Waals surface area (Å²) in [5, 5.41) is 12.8. The number of carbonyl (C=O) groups is 1. The lowest BCUT2D eigenvalue weighted by Gasteiger charge is -2.15. The first-order valence-corrected chi connectivity index (χ1v) is 9.16. The molecule has 0 spiro atoms. The van der Waals surface area contributed by atoms with Crippen molar-refractivity contribution in [1.82, 2.24) is 5.32 Å². The predicted molar refractivity (Wildman–Crippen MR) is 96.4 cm³/mol. The van der Waals surface area contributed by atoms with E-state index in [1.54, 1.807) is 6.92 Å². The molecule has 1 amide bonds. The molecule has 134 valence electrons. The van der Waals surface area contributed by atoms with E-state index >= 15 is 0 Å². The van der Waals surface area contributed by atoms with Crippen LogP contribution >= 0.6 is 11.8 Å². The Kier molecular flexibility index (Phi) is 7.40. The Morgan fingerprint density at radius 2 is 1.76 bits per heavy atom. The number of hydrogen-bond donors (Lipinski definition) is 2. The highest BCUT2D eigenvalue weighted by molar-refractivity contribution is 7.99. The Morgan fingerprint density at radius 1 is 1.12 bits per heavy atom. The Balaban J connectivity index is 1.74. The zero-order valence-electron chi connectivity index (χ0n) is 13.9. The molecule has 2 unspecified atom stereocenters. The second-order valence-electron chi connectivity index (χ2n) is 5.81. The Hall–Kier alpha value is -1.92. The molecule has 2 aromatic rings. The van der Waals surface area contributed by atoms with Gasteiger partial charge in [0.25, 0.3) is 0 Å². The largest absolute Gasteiger partial charge is 0.388 e. The van der Waals surface area contributed by atoms with Crippen molar-refractivity contribution in [3.63, 3.8) is 0 Å². The molecule has 0 fully saturated rings. The van der Waals surface area contributed by atoms with Gasteiger partial charge in [0.1, 0.15) is 11.6 Å². The van der Waals surface area contributed by atoms with Crippen LogP contribution in [0.25, 0.3) is 0 Å². The molecule has 2 rings (SSSR count). The van der Waals surface area contributed by atoms with Crippen LogP contribution < -0.4 is 5.32 Å². The Bertz CT molecular complexity index is 677. The quantitative estimate of drug-likeness (QED) is 0.753. The van der Waals surface area contributed by atoms with Gasteiger partial charge in [0.2, 0.25) is 5.91 Å². The minimum Gasteiger partial charge on any atom is -0.388 e. The molecule has 0 radical (unpaired) electrons. The highest BCUT2D eigenvalue weighted by Gasteiger charge is 2.15. The molecule has 0 heterocycles.